The summed E-state index contributed by atoms with van der Waals surface area (Å²) >= 11 is 0. The van der Waals surface area contributed by atoms with Crippen LogP contribution in [0.2, 0.25) is 0 Å². The number of esters is 1. The zero-order valence-electron chi connectivity index (χ0n) is 34.4. The molecule has 1 atom stereocenters. The predicted molar refractivity (Wildman–Crippen MR) is 219 cm³/mol. The van der Waals surface area contributed by atoms with Crippen LogP contribution in [0.4, 0.5) is 0 Å². The molecular weight excluding hydrogens is 629 g/mol. The summed E-state index contributed by atoms with van der Waals surface area (Å²) in [6.45, 7) is 7.29. The Morgan fingerprint density at radius 2 is 0.804 bits per heavy atom. The van der Waals surface area contributed by atoms with Crippen LogP contribution >= 0.6 is 0 Å². The second-order valence-electron chi connectivity index (χ2n) is 17.1. The van der Waals surface area contributed by atoms with E-state index in [0.29, 0.717) is 18.8 Å². The monoisotopic (exact) mass is 717 g/mol. The van der Waals surface area contributed by atoms with E-state index in [1.165, 1.54) is 218 Å². The average molecular weight is 717 g/mol. The zero-order chi connectivity index (χ0) is 36.3. The largest absolute Gasteiger partial charge is 0.462 e. The first-order valence-electron chi connectivity index (χ1n) is 23.2. The molecule has 4 aliphatic rings. The third-order valence-corrected chi connectivity index (χ3v) is 12.0. The lowest BCUT2D eigenvalue weighted by Crippen LogP contribution is -2.37. The van der Waals surface area contributed by atoms with Crippen molar-refractivity contribution < 1.29 is 19.0 Å². The summed E-state index contributed by atoms with van der Waals surface area (Å²) in [6.07, 6.45) is 52.9. The molecule has 0 spiro atoms. The summed E-state index contributed by atoms with van der Waals surface area (Å²) in [6, 6.07) is 0. The first-order valence-corrected chi connectivity index (χ1v) is 23.2. The molecule has 1 aliphatic heterocycles. The van der Waals surface area contributed by atoms with E-state index < -0.39 is 0 Å². The van der Waals surface area contributed by atoms with Crippen LogP contribution in [0.1, 0.15) is 251 Å². The highest BCUT2D eigenvalue weighted by molar-refractivity contribution is 5.86. The van der Waals surface area contributed by atoms with Crippen molar-refractivity contribution in [2.24, 2.45) is 5.41 Å². The first kappa shape index (κ1) is 46.3. The van der Waals surface area contributed by atoms with Crippen LogP contribution in [-0.4, -0.2) is 32.1 Å². The fourth-order valence-electron chi connectivity index (χ4n) is 8.39. The highest BCUT2D eigenvalue weighted by atomic mass is 16.7. The van der Waals surface area contributed by atoms with Crippen LogP contribution in [0.5, 0.6) is 0 Å². The highest BCUT2D eigenvalue weighted by Crippen LogP contribution is 2.35. The molecule has 3 saturated carbocycles. The van der Waals surface area contributed by atoms with Crippen LogP contribution < -0.4 is 0 Å². The van der Waals surface area contributed by atoms with Gasteiger partial charge in [-0.3, -0.25) is 0 Å². The molecule has 51 heavy (non-hydrogen) atoms. The fourth-order valence-corrected chi connectivity index (χ4v) is 8.39. The van der Waals surface area contributed by atoms with Gasteiger partial charge >= 0.3 is 5.97 Å². The van der Waals surface area contributed by atoms with Crippen LogP contribution in [0.3, 0.4) is 0 Å². The Labute approximate surface area is 318 Å². The van der Waals surface area contributed by atoms with Crippen molar-refractivity contribution in [2.45, 2.75) is 257 Å². The molecule has 0 bridgehead atoms. The van der Waals surface area contributed by atoms with Crippen molar-refractivity contribution in [3.05, 3.63) is 12.2 Å². The van der Waals surface area contributed by atoms with Crippen molar-refractivity contribution in [1.82, 2.24) is 0 Å². The Hall–Kier alpha value is -0.870. The fraction of sp³-hybridized carbons (Fsp3) is 0.936. The number of hydrogen-bond donors (Lipinski definition) is 0. The Kier molecular flexibility index (Phi) is 30.6. The van der Waals surface area contributed by atoms with E-state index in [1.54, 1.807) is 6.92 Å². The van der Waals surface area contributed by atoms with Crippen LogP contribution in [0.25, 0.3) is 0 Å². The highest BCUT2D eigenvalue weighted by Gasteiger charge is 2.33. The van der Waals surface area contributed by atoms with Gasteiger partial charge in [-0.25, -0.2) is 4.79 Å². The zero-order valence-corrected chi connectivity index (χ0v) is 34.4. The lowest BCUT2D eigenvalue weighted by molar-refractivity contribution is -0.187. The van der Waals surface area contributed by atoms with Crippen molar-refractivity contribution in [2.75, 3.05) is 19.8 Å². The normalized spacial score (nSPS) is 24.5. The van der Waals surface area contributed by atoms with Gasteiger partial charge in [0.25, 0.3) is 0 Å². The maximum absolute atomic E-state index is 12.0. The molecular formula is C47H88O4. The van der Waals surface area contributed by atoms with Crippen molar-refractivity contribution in [3.8, 4) is 0 Å². The number of carbonyl (C=O) groups excluding carboxylic acids is 1. The summed E-state index contributed by atoms with van der Waals surface area (Å²) in [5.74, 6) is -0.283. The van der Waals surface area contributed by atoms with Gasteiger partial charge in [-0.2, -0.15) is 0 Å². The molecule has 4 rings (SSSR count). The SMILES string of the molecule is C1CCCCCCCCCCC1.C1CCCCCCCCCCC1.C=C(C)C(=O)OCC1(COC2CCCCO2)CCCCCCCCCCC1. The Balaban J connectivity index is 0.000000309. The number of hydrogen-bond acceptors (Lipinski definition) is 4. The maximum Gasteiger partial charge on any atom is 0.333 e. The van der Waals surface area contributed by atoms with E-state index in [1.807, 2.05) is 0 Å². The minimum Gasteiger partial charge on any atom is -0.462 e. The summed E-state index contributed by atoms with van der Waals surface area (Å²) in [5, 5.41) is 0. The second-order valence-corrected chi connectivity index (χ2v) is 17.1. The summed E-state index contributed by atoms with van der Waals surface area (Å²) in [5.41, 5.74) is 0.375. The number of carbonyl (C=O) groups is 1. The molecule has 300 valence electrons. The van der Waals surface area contributed by atoms with Gasteiger partial charge < -0.3 is 14.2 Å². The minimum atomic E-state index is -0.283. The third kappa shape index (κ3) is 27.4. The molecule has 3 aliphatic carbocycles. The van der Waals surface area contributed by atoms with Crippen molar-refractivity contribution >= 4 is 5.97 Å². The van der Waals surface area contributed by atoms with E-state index in [0.717, 1.165) is 32.3 Å². The minimum absolute atomic E-state index is 0.0890. The van der Waals surface area contributed by atoms with E-state index >= 15 is 0 Å². The van der Waals surface area contributed by atoms with E-state index in [4.69, 9.17) is 14.2 Å². The van der Waals surface area contributed by atoms with Crippen molar-refractivity contribution in [1.29, 1.82) is 0 Å². The average Bonchev–Trinajstić information content (AvgIpc) is 3.12. The Morgan fingerprint density at radius 1 is 0.490 bits per heavy atom. The molecule has 4 nitrogen and oxygen atoms in total. The standard InChI is InChI=1S/C23H40O4.2C12H24/c1-20(2)22(24)27-19-23(18-26-21-14-10-13-17-25-21)15-11-8-6-4-3-5-7-9-12-16-23;2*1-2-4-6-8-10-12-11-9-7-5-3-1/h21H,1,3-19H2,2H3;2*1-12H2. The number of ether oxygens (including phenoxy) is 3. The molecule has 4 heteroatoms. The van der Waals surface area contributed by atoms with Gasteiger partial charge in [0.05, 0.1) is 13.2 Å². The van der Waals surface area contributed by atoms with Gasteiger partial charge in [0, 0.05) is 17.6 Å². The van der Waals surface area contributed by atoms with Gasteiger partial charge in [-0.15, -0.1) is 0 Å². The topological polar surface area (TPSA) is 44.8 Å². The first-order chi connectivity index (χ1) is 25.1. The third-order valence-electron chi connectivity index (χ3n) is 12.0. The van der Waals surface area contributed by atoms with Gasteiger partial charge in [0.2, 0.25) is 0 Å². The summed E-state index contributed by atoms with van der Waals surface area (Å²) in [4.78, 5) is 12.0. The van der Waals surface area contributed by atoms with Gasteiger partial charge in [0.1, 0.15) is 0 Å². The van der Waals surface area contributed by atoms with Gasteiger partial charge in [-0.05, 0) is 39.0 Å². The molecule has 0 amide bonds. The quantitative estimate of drug-likeness (QED) is 0.203. The maximum atomic E-state index is 12.0. The Bertz CT molecular complexity index is 665. The lowest BCUT2D eigenvalue weighted by atomic mass is 9.78. The van der Waals surface area contributed by atoms with Gasteiger partial charge in [-0.1, -0.05) is 218 Å². The van der Waals surface area contributed by atoms with E-state index in [2.05, 4.69) is 6.58 Å². The molecule has 4 fully saturated rings. The molecule has 1 unspecified atom stereocenters. The molecule has 0 N–H and O–H groups in total. The molecule has 0 aromatic carbocycles. The Morgan fingerprint density at radius 3 is 1.08 bits per heavy atom. The van der Waals surface area contributed by atoms with E-state index in [9.17, 15) is 4.79 Å². The van der Waals surface area contributed by atoms with Crippen LogP contribution in [0, 0.1) is 5.41 Å². The smallest absolute Gasteiger partial charge is 0.333 e. The predicted octanol–water partition coefficient (Wildman–Crippen LogP) is 15.3. The molecule has 1 saturated heterocycles. The molecule has 0 aromatic heterocycles. The van der Waals surface area contributed by atoms with Crippen molar-refractivity contribution in [3.63, 3.8) is 0 Å². The van der Waals surface area contributed by atoms with Crippen LogP contribution in [-0.2, 0) is 19.0 Å². The second kappa shape index (κ2) is 33.7. The summed E-state index contributed by atoms with van der Waals surface area (Å²) in [7, 11) is 0. The molecule has 0 radical (unpaired) electrons. The number of rotatable bonds is 6. The summed E-state index contributed by atoms with van der Waals surface area (Å²) < 4.78 is 17.6. The molecule has 1 heterocycles. The molecule has 0 aromatic rings. The van der Waals surface area contributed by atoms with Crippen LogP contribution in [0.15, 0.2) is 12.2 Å². The lowest BCUT2D eigenvalue weighted by Gasteiger charge is -2.35. The van der Waals surface area contributed by atoms with E-state index in [-0.39, 0.29) is 17.7 Å². The van der Waals surface area contributed by atoms with Gasteiger partial charge in [0.15, 0.2) is 6.29 Å².